The Morgan fingerprint density at radius 3 is 1.52 bits per heavy atom. The van der Waals surface area contributed by atoms with Crippen molar-refractivity contribution in [1.29, 1.82) is 0 Å². The summed E-state index contributed by atoms with van der Waals surface area (Å²) in [6.45, 7) is 0. The highest BCUT2D eigenvalue weighted by molar-refractivity contribution is 7.18. The lowest BCUT2D eigenvalue weighted by Gasteiger charge is -2.04. The summed E-state index contributed by atoms with van der Waals surface area (Å²) in [6, 6.07) is 12.9. The number of ether oxygens (including phenoxy) is 2. The summed E-state index contributed by atoms with van der Waals surface area (Å²) in [4.78, 5) is 1.75. The molecule has 5 heteroatoms. The Bertz CT molecular complexity index is 775. The summed E-state index contributed by atoms with van der Waals surface area (Å²) >= 11 is 1.45. The molecular formula is C18H14F2O2S. The van der Waals surface area contributed by atoms with Crippen LogP contribution < -0.4 is 9.47 Å². The molecule has 0 radical (unpaired) electrons. The molecular weight excluding hydrogens is 318 g/mol. The summed E-state index contributed by atoms with van der Waals surface area (Å²) < 4.78 is 37.5. The van der Waals surface area contributed by atoms with Crippen molar-refractivity contribution in [3.63, 3.8) is 0 Å². The van der Waals surface area contributed by atoms with Gasteiger partial charge in [-0.1, -0.05) is 0 Å². The summed E-state index contributed by atoms with van der Waals surface area (Å²) in [6.07, 6.45) is 0. The third-order valence-electron chi connectivity index (χ3n) is 3.39. The molecule has 0 aliphatic heterocycles. The van der Waals surface area contributed by atoms with E-state index >= 15 is 0 Å². The number of halogens is 2. The van der Waals surface area contributed by atoms with Crippen LogP contribution in [0, 0.1) is 11.6 Å². The third kappa shape index (κ3) is 3.35. The maximum absolute atomic E-state index is 13.6. The number of rotatable bonds is 4. The van der Waals surface area contributed by atoms with E-state index in [0.29, 0.717) is 11.5 Å². The summed E-state index contributed by atoms with van der Waals surface area (Å²) in [5.41, 5.74) is 1.45. The van der Waals surface area contributed by atoms with Gasteiger partial charge in [-0.2, -0.15) is 0 Å². The molecule has 3 aromatic rings. The van der Waals surface area contributed by atoms with Crippen LogP contribution in [0.5, 0.6) is 11.5 Å². The molecule has 1 heterocycles. The van der Waals surface area contributed by atoms with Crippen LogP contribution in [0.2, 0.25) is 0 Å². The fraction of sp³-hybridized carbons (Fsp3) is 0.111. The van der Waals surface area contributed by atoms with Crippen molar-refractivity contribution >= 4 is 11.3 Å². The first-order chi connectivity index (χ1) is 11.1. The fourth-order valence-corrected chi connectivity index (χ4v) is 3.27. The molecule has 23 heavy (non-hydrogen) atoms. The van der Waals surface area contributed by atoms with Gasteiger partial charge in [0.2, 0.25) is 0 Å². The van der Waals surface area contributed by atoms with Gasteiger partial charge in [0.05, 0.1) is 14.2 Å². The molecule has 0 atom stereocenters. The van der Waals surface area contributed by atoms with Gasteiger partial charge in [-0.25, -0.2) is 8.78 Å². The highest BCUT2D eigenvalue weighted by Crippen LogP contribution is 2.37. The zero-order valence-corrected chi connectivity index (χ0v) is 13.4. The molecule has 118 valence electrons. The topological polar surface area (TPSA) is 18.5 Å². The Labute approximate surface area is 136 Å². The zero-order chi connectivity index (χ0) is 16.4. The van der Waals surface area contributed by atoms with Crippen molar-refractivity contribution in [2.75, 3.05) is 14.2 Å². The second-order valence-electron chi connectivity index (χ2n) is 4.92. The summed E-state index contributed by atoms with van der Waals surface area (Å²) in [7, 11) is 2.99. The SMILES string of the molecule is COc1cc(F)cc(-c2ccc(-c3cc(F)cc(OC)c3)s2)c1. The molecule has 0 aliphatic rings. The smallest absolute Gasteiger partial charge is 0.127 e. The molecule has 0 saturated carbocycles. The molecule has 0 bridgehead atoms. The number of hydrogen-bond donors (Lipinski definition) is 0. The van der Waals surface area contributed by atoms with Gasteiger partial charge < -0.3 is 9.47 Å². The first kappa shape index (κ1) is 15.5. The van der Waals surface area contributed by atoms with E-state index in [-0.39, 0.29) is 11.6 Å². The first-order valence-electron chi connectivity index (χ1n) is 6.89. The highest BCUT2D eigenvalue weighted by Gasteiger charge is 2.10. The predicted octanol–water partition coefficient (Wildman–Crippen LogP) is 5.38. The van der Waals surface area contributed by atoms with E-state index in [1.54, 1.807) is 12.1 Å². The molecule has 0 N–H and O–H groups in total. The van der Waals surface area contributed by atoms with Gasteiger partial charge in [-0.05, 0) is 47.5 Å². The standard InChI is InChI=1S/C18H14F2O2S/c1-21-15-7-11(5-13(19)9-15)17-3-4-18(23-17)12-6-14(20)10-16(8-12)22-2/h3-10H,1-2H3. The van der Waals surface area contributed by atoms with E-state index < -0.39 is 0 Å². The number of methoxy groups -OCH3 is 2. The van der Waals surface area contributed by atoms with Crippen LogP contribution in [0.4, 0.5) is 8.78 Å². The predicted molar refractivity (Wildman–Crippen MR) is 88.2 cm³/mol. The Kier molecular flexibility index (Phi) is 4.30. The van der Waals surface area contributed by atoms with Crippen LogP contribution >= 0.6 is 11.3 Å². The molecule has 0 unspecified atom stereocenters. The molecule has 0 aliphatic carbocycles. The molecule has 0 fully saturated rings. The van der Waals surface area contributed by atoms with Gasteiger partial charge in [0, 0.05) is 21.9 Å². The molecule has 2 aromatic carbocycles. The second kappa shape index (κ2) is 6.38. The first-order valence-corrected chi connectivity index (χ1v) is 7.70. The summed E-state index contributed by atoms with van der Waals surface area (Å²) in [5, 5.41) is 0. The molecule has 3 rings (SSSR count). The van der Waals surface area contributed by atoms with Crippen LogP contribution in [0.1, 0.15) is 0 Å². The minimum atomic E-state index is -0.360. The molecule has 2 nitrogen and oxygen atoms in total. The van der Waals surface area contributed by atoms with Crippen LogP contribution in [0.3, 0.4) is 0 Å². The van der Waals surface area contributed by atoms with E-state index in [0.717, 1.165) is 20.9 Å². The quantitative estimate of drug-likeness (QED) is 0.639. The summed E-state index contributed by atoms with van der Waals surface area (Å²) in [5.74, 6) is 0.202. The lowest BCUT2D eigenvalue weighted by molar-refractivity contribution is 0.411. The third-order valence-corrected chi connectivity index (χ3v) is 4.57. The normalized spacial score (nSPS) is 10.6. The van der Waals surface area contributed by atoms with Gasteiger partial charge in [-0.3, -0.25) is 0 Å². The fourth-order valence-electron chi connectivity index (χ4n) is 2.29. The van der Waals surface area contributed by atoms with Gasteiger partial charge in [0.15, 0.2) is 0 Å². The van der Waals surface area contributed by atoms with Crippen molar-refractivity contribution in [2.45, 2.75) is 0 Å². The lowest BCUT2D eigenvalue weighted by atomic mass is 10.1. The van der Waals surface area contributed by atoms with Gasteiger partial charge in [0.1, 0.15) is 23.1 Å². The van der Waals surface area contributed by atoms with Gasteiger partial charge in [0.25, 0.3) is 0 Å². The van der Waals surface area contributed by atoms with E-state index in [1.165, 1.54) is 49.8 Å². The average molecular weight is 332 g/mol. The maximum Gasteiger partial charge on any atom is 0.127 e. The van der Waals surface area contributed by atoms with E-state index in [1.807, 2.05) is 12.1 Å². The minimum absolute atomic E-state index is 0.360. The Hall–Kier alpha value is -2.40. The highest BCUT2D eigenvalue weighted by atomic mass is 32.1. The molecule has 0 spiro atoms. The maximum atomic E-state index is 13.6. The lowest BCUT2D eigenvalue weighted by Crippen LogP contribution is -1.85. The number of thiophene rings is 1. The monoisotopic (exact) mass is 332 g/mol. The van der Waals surface area contributed by atoms with Crippen molar-refractivity contribution in [3.05, 3.63) is 60.2 Å². The average Bonchev–Trinajstić information content (AvgIpc) is 3.03. The van der Waals surface area contributed by atoms with Gasteiger partial charge in [-0.15, -0.1) is 11.3 Å². The van der Waals surface area contributed by atoms with Crippen molar-refractivity contribution in [2.24, 2.45) is 0 Å². The molecule has 1 aromatic heterocycles. The van der Waals surface area contributed by atoms with Crippen molar-refractivity contribution < 1.29 is 18.3 Å². The van der Waals surface area contributed by atoms with E-state index in [2.05, 4.69) is 0 Å². The Morgan fingerprint density at radius 1 is 0.696 bits per heavy atom. The van der Waals surface area contributed by atoms with E-state index in [4.69, 9.17) is 9.47 Å². The van der Waals surface area contributed by atoms with Crippen LogP contribution in [-0.2, 0) is 0 Å². The largest absolute Gasteiger partial charge is 0.497 e. The molecule has 0 saturated heterocycles. The molecule has 0 amide bonds. The Morgan fingerprint density at radius 2 is 1.13 bits per heavy atom. The van der Waals surface area contributed by atoms with E-state index in [9.17, 15) is 8.78 Å². The minimum Gasteiger partial charge on any atom is -0.497 e. The number of benzene rings is 2. The number of hydrogen-bond acceptors (Lipinski definition) is 3. The van der Waals surface area contributed by atoms with Crippen LogP contribution in [0.15, 0.2) is 48.5 Å². The van der Waals surface area contributed by atoms with Crippen LogP contribution in [-0.4, -0.2) is 14.2 Å². The van der Waals surface area contributed by atoms with Crippen LogP contribution in [0.25, 0.3) is 20.9 Å². The second-order valence-corrected chi connectivity index (χ2v) is 6.01. The van der Waals surface area contributed by atoms with Crippen molar-refractivity contribution in [1.82, 2.24) is 0 Å². The van der Waals surface area contributed by atoms with Crippen molar-refractivity contribution in [3.8, 4) is 32.4 Å². The van der Waals surface area contributed by atoms with Gasteiger partial charge >= 0.3 is 0 Å². The Balaban J connectivity index is 2.01. The zero-order valence-electron chi connectivity index (χ0n) is 12.6.